The third-order valence-electron chi connectivity index (χ3n) is 3.31. The number of nitrogens with two attached hydrogens (primary N) is 1. The van der Waals surface area contributed by atoms with Gasteiger partial charge in [-0.2, -0.15) is 0 Å². The van der Waals surface area contributed by atoms with Gasteiger partial charge in [0.25, 0.3) is 0 Å². The SMILES string of the molecule is COc1ccc(CC(C)(N)Cc2sccc2Br)cc1OC. The Morgan fingerprint density at radius 3 is 2.43 bits per heavy atom. The molecule has 0 saturated carbocycles. The molecule has 1 aromatic heterocycles. The molecule has 21 heavy (non-hydrogen) atoms. The maximum absolute atomic E-state index is 6.48. The van der Waals surface area contributed by atoms with Crippen molar-refractivity contribution in [2.45, 2.75) is 25.3 Å². The van der Waals surface area contributed by atoms with Gasteiger partial charge in [0.1, 0.15) is 0 Å². The van der Waals surface area contributed by atoms with E-state index in [1.165, 1.54) is 4.88 Å². The van der Waals surface area contributed by atoms with Crippen LogP contribution >= 0.6 is 27.3 Å². The molecule has 0 aliphatic carbocycles. The standard InChI is InChI=1S/C16H20BrNO2S/c1-16(18,10-15-12(17)6-7-21-15)9-11-4-5-13(19-2)14(8-11)20-3/h4-8H,9-10,18H2,1-3H3. The summed E-state index contributed by atoms with van der Waals surface area (Å²) < 4.78 is 11.7. The average Bonchev–Trinajstić information content (AvgIpc) is 2.83. The summed E-state index contributed by atoms with van der Waals surface area (Å²) in [6, 6.07) is 8.02. The zero-order valence-electron chi connectivity index (χ0n) is 12.5. The highest BCUT2D eigenvalue weighted by Crippen LogP contribution is 2.31. The Bertz CT molecular complexity index is 610. The van der Waals surface area contributed by atoms with Crippen molar-refractivity contribution in [3.8, 4) is 11.5 Å². The maximum atomic E-state index is 6.48. The minimum absolute atomic E-state index is 0.313. The molecule has 0 aliphatic heterocycles. The Morgan fingerprint density at radius 1 is 1.14 bits per heavy atom. The fourth-order valence-corrected chi connectivity index (χ4v) is 4.03. The monoisotopic (exact) mass is 369 g/mol. The van der Waals surface area contributed by atoms with E-state index in [4.69, 9.17) is 15.2 Å². The van der Waals surface area contributed by atoms with Crippen LogP contribution in [0.1, 0.15) is 17.4 Å². The van der Waals surface area contributed by atoms with Gasteiger partial charge in [0, 0.05) is 21.3 Å². The van der Waals surface area contributed by atoms with Crippen molar-refractivity contribution in [1.29, 1.82) is 0 Å². The van der Waals surface area contributed by atoms with Gasteiger partial charge in [-0.1, -0.05) is 6.07 Å². The molecular formula is C16H20BrNO2S. The maximum Gasteiger partial charge on any atom is 0.160 e. The van der Waals surface area contributed by atoms with E-state index in [0.717, 1.165) is 34.4 Å². The second-order valence-corrected chi connectivity index (χ2v) is 7.24. The summed E-state index contributed by atoms with van der Waals surface area (Å²) in [5, 5.41) is 2.08. The molecule has 2 rings (SSSR count). The van der Waals surface area contributed by atoms with E-state index >= 15 is 0 Å². The molecule has 2 aromatic rings. The van der Waals surface area contributed by atoms with E-state index in [9.17, 15) is 0 Å². The molecule has 3 nitrogen and oxygen atoms in total. The van der Waals surface area contributed by atoms with Gasteiger partial charge in [0.2, 0.25) is 0 Å². The second kappa shape index (κ2) is 6.81. The number of halogens is 1. The van der Waals surface area contributed by atoms with Gasteiger partial charge >= 0.3 is 0 Å². The van der Waals surface area contributed by atoms with Gasteiger partial charge in [0.05, 0.1) is 14.2 Å². The largest absolute Gasteiger partial charge is 0.493 e. The van der Waals surface area contributed by atoms with Crippen LogP contribution in [0.3, 0.4) is 0 Å². The van der Waals surface area contributed by atoms with Crippen LogP contribution in [0.15, 0.2) is 34.1 Å². The molecule has 1 heterocycles. The van der Waals surface area contributed by atoms with Crippen molar-refractivity contribution in [2.24, 2.45) is 5.73 Å². The van der Waals surface area contributed by atoms with E-state index in [2.05, 4.69) is 34.3 Å². The molecule has 0 radical (unpaired) electrons. The lowest BCUT2D eigenvalue weighted by Crippen LogP contribution is -2.40. The summed E-state index contributed by atoms with van der Waals surface area (Å²) in [5.74, 6) is 1.48. The molecule has 1 unspecified atom stereocenters. The lowest BCUT2D eigenvalue weighted by atomic mass is 9.90. The van der Waals surface area contributed by atoms with Crippen molar-refractivity contribution in [3.05, 3.63) is 44.6 Å². The van der Waals surface area contributed by atoms with Crippen molar-refractivity contribution < 1.29 is 9.47 Å². The van der Waals surface area contributed by atoms with E-state index in [0.29, 0.717) is 0 Å². The fourth-order valence-electron chi connectivity index (χ4n) is 2.34. The second-order valence-electron chi connectivity index (χ2n) is 5.39. The Hall–Kier alpha value is -1.04. The Balaban J connectivity index is 2.14. The minimum Gasteiger partial charge on any atom is -0.493 e. The van der Waals surface area contributed by atoms with Crippen LogP contribution in [0, 0.1) is 0 Å². The smallest absolute Gasteiger partial charge is 0.160 e. The van der Waals surface area contributed by atoms with E-state index in [1.54, 1.807) is 25.6 Å². The topological polar surface area (TPSA) is 44.5 Å². The number of hydrogen-bond acceptors (Lipinski definition) is 4. The zero-order chi connectivity index (χ0) is 15.5. The van der Waals surface area contributed by atoms with Crippen molar-refractivity contribution in [3.63, 3.8) is 0 Å². The summed E-state index contributed by atoms with van der Waals surface area (Å²) in [5.41, 5.74) is 7.32. The molecule has 0 aliphatic rings. The molecule has 5 heteroatoms. The zero-order valence-corrected chi connectivity index (χ0v) is 14.9. The summed E-state index contributed by atoms with van der Waals surface area (Å²) in [6.07, 6.45) is 1.61. The number of methoxy groups -OCH3 is 2. The Kier molecular flexibility index (Phi) is 5.30. The molecule has 0 bridgehead atoms. The Morgan fingerprint density at radius 2 is 1.86 bits per heavy atom. The molecule has 0 spiro atoms. The van der Waals surface area contributed by atoms with Crippen molar-refractivity contribution in [1.82, 2.24) is 0 Å². The molecule has 0 amide bonds. The average molecular weight is 370 g/mol. The first-order valence-corrected chi connectivity index (χ1v) is 8.34. The van der Waals surface area contributed by atoms with Crippen molar-refractivity contribution >= 4 is 27.3 Å². The molecule has 0 saturated heterocycles. The summed E-state index contributed by atoms with van der Waals surface area (Å²) in [4.78, 5) is 1.28. The highest BCUT2D eigenvalue weighted by molar-refractivity contribution is 9.10. The summed E-state index contributed by atoms with van der Waals surface area (Å²) >= 11 is 5.29. The quantitative estimate of drug-likeness (QED) is 0.835. The first kappa shape index (κ1) is 16.3. The van der Waals surface area contributed by atoms with Gasteiger partial charge in [-0.15, -0.1) is 11.3 Å². The predicted molar refractivity (Wildman–Crippen MR) is 91.6 cm³/mol. The molecule has 2 N–H and O–H groups in total. The van der Waals surface area contributed by atoms with Gasteiger partial charge in [0.15, 0.2) is 11.5 Å². The molecule has 0 fully saturated rings. The van der Waals surface area contributed by atoms with Crippen LogP contribution in [-0.2, 0) is 12.8 Å². The first-order valence-electron chi connectivity index (χ1n) is 6.67. The van der Waals surface area contributed by atoms with E-state index in [1.807, 2.05) is 18.2 Å². The third-order valence-corrected chi connectivity index (χ3v) is 5.24. The summed E-state index contributed by atoms with van der Waals surface area (Å²) in [7, 11) is 3.28. The van der Waals surface area contributed by atoms with Crippen molar-refractivity contribution in [2.75, 3.05) is 14.2 Å². The van der Waals surface area contributed by atoms with Crippen LogP contribution in [0.4, 0.5) is 0 Å². The molecular weight excluding hydrogens is 350 g/mol. The van der Waals surface area contributed by atoms with Gasteiger partial charge in [-0.05, 0) is 58.4 Å². The van der Waals surface area contributed by atoms with Gasteiger partial charge in [-0.3, -0.25) is 0 Å². The van der Waals surface area contributed by atoms with Crippen LogP contribution in [0.25, 0.3) is 0 Å². The lowest BCUT2D eigenvalue weighted by Gasteiger charge is -2.25. The number of thiophene rings is 1. The number of benzene rings is 1. The summed E-state index contributed by atoms with van der Waals surface area (Å²) in [6.45, 7) is 2.08. The fraction of sp³-hybridized carbons (Fsp3) is 0.375. The van der Waals surface area contributed by atoms with Gasteiger partial charge in [-0.25, -0.2) is 0 Å². The number of hydrogen-bond donors (Lipinski definition) is 1. The van der Waals surface area contributed by atoms with E-state index < -0.39 is 0 Å². The molecule has 114 valence electrons. The van der Waals surface area contributed by atoms with Crippen LogP contribution in [-0.4, -0.2) is 19.8 Å². The first-order chi connectivity index (χ1) is 9.95. The molecule has 1 aromatic carbocycles. The number of ether oxygens (including phenoxy) is 2. The Labute approximate surface area is 138 Å². The van der Waals surface area contributed by atoms with Gasteiger partial charge < -0.3 is 15.2 Å². The lowest BCUT2D eigenvalue weighted by molar-refractivity contribution is 0.354. The number of rotatable bonds is 6. The predicted octanol–water partition coefficient (Wildman–Crippen LogP) is 4.03. The third kappa shape index (κ3) is 4.22. The molecule has 1 atom stereocenters. The normalized spacial score (nSPS) is 13.8. The highest BCUT2D eigenvalue weighted by Gasteiger charge is 2.22. The highest BCUT2D eigenvalue weighted by atomic mass is 79.9. The van der Waals surface area contributed by atoms with Crippen LogP contribution in [0.2, 0.25) is 0 Å². The van der Waals surface area contributed by atoms with E-state index in [-0.39, 0.29) is 5.54 Å². The van der Waals surface area contributed by atoms with Crippen LogP contribution < -0.4 is 15.2 Å². The van der Waals surface area contributed by atoms with Crippen LogP contribution in [0.5, 0.6) is 11.5 Å². The minimum atomic E-state index is -0.313.